The molecule has 0 aliphatic carbocycles. The van der Waals surface area contributed by atoms with Crippen molar-refractivity contribution < 1.29 is 36.7 Å². The van der Waals surface area contributed by atoms with Gasteiger partial charge in [-0.05, 0) is 33.8 Å². The molecule has 0 saturated carbocycles. The molecule has 1 aromatic heterocycles. The number of alkyl halides is 3. The van der Waals surface area contributed by atoms with Crippen molar-refractivity contribution in [1.82, 2.24) is 4.98 Å². The van der Waals surface area contributed by atoms with Gasteiger partial charge in [-0.15, -0.1) is 0 Å². The third-order valence-corrected chi connectivity index (χ3v) is 4.18. The van der Waals surface area contributed by atoms with Crippen LogP contribution in [-0.4, -0.2) is 49.2 Å². The number of pyridine rings is 1. The maximum Gasteiger partial charge on any atom is 0.496 e. The van der Waals surface area contributed by atoms with Crippen molar-refractivity contribution in [3.63, 3.8) is 0 Å². The molecule has 0 spiro atoms. The second kappa shape index (κ2) is 6.49. The molecule has 1 aliphatic heterocycles. The quantitative estimate of drug-likeness (QED) is 0.605. The van der Waals surface area contributed by atoms with E-state index in [0.29, 0.717) is 5.46 Å². The highest BCUT2D eigenvalue weighted by Crippen LogP contribution is 2.36. The van der Waals surface area contributed by atoms with Crippen molar-refractivity contribution in [2.45, 2.75) is 45.1 Å². The predicted molar refractivity (Wildman–Crippen MR) is 82.8 cm³/mol. The molecule has 2 rings (SSSR count). The number of ether oxygens (including phenoxy) is 2. The first-order valence-corrected chi connectivity index (χ1v) is 7.50. The average Bonchev–Trinajstić information content (AvgIpc) is 2.71. The number of esters is 1. The van der Waals surface area contributed by atoms with E-state index in [9.17, 15) is 18.0 Å². The highest BCUT2D eigenvalue weighted by molar-refractivity contribution is 6.62. The minimum Gasteiger partial charge on any atom is -0.467 e. The molecule has 0 atom stereocenters. The van der Waals surface area contributed by atoms with Gasteiger partial charge in [-0.1, -0.05) is 0 Å². The van der Waals surface area contributed by atoms with Gasteiger partial charge in [0.05, 0.1) is 18.3 Å². The molecule has 10 heteroatoms. The van der Waals surface area contributed by atoms with Gasteiger partial charge >= 0.3 is 19.3 Å². The molecule has 2 heterocycles. The van der Waals surface area contributed by atoms with Gasteiger partial charge in [-0.3, -0.25) is 0 Å². The Balaban J connectivity index is 2.32. The van der Waals surface area contributed by atoms with Gasteiger partial charge in [0.25, 0.3) is 0 Å². The molecule has 1 aliphatic rings. The van der Waals surface area contributed by atoms with Crippen molar-refractivity contribution in [2.75, 3.05) is 13.7 Å². The Morgan fingerprint density at radius 2 is 1.80 bits per heavy atom. The molecule has 0 bridgehead atoms. The van der Waals surface area contributed by atoms with E-state index in [0.717, 1.165) is 7.11 Å². The summed E-state index contributed by atoms with van der Waals surface area (Å²) in [6.07, 6.45) is -3.31. The van der Waals surface area contributed by atoms with Gasteiger partial charge in [-0.25, -0.2) is 9.78 Å². The zero-order valence-corrected chi connectivity index (χ0v) is 14.6. The fourth-order valence-corrected chi connectivity index (χ4v) is 2.10. The Morgan fingerprint density at radius 1 is 1.24 bits per heavy atom. The molecule has 138 valence electrons. The maximum absolute atomic E-state index is 12.3. The lowest BCUT2D eigenvalue weighted by molar-refractivity contribution is -0.154. The van der Waals surface area contributed by atoms with E-state index in [1.54, 1.807) is 0 Å². The lowest BCUT2D eigenvalue weighted by atomic mass is 9.79. The standard InChI is InChI=1S/C15H19BF3NO5/c1-13(2)14(3,4)25-16(24-13)9-6-10(12(21)22-5)11(20-7-9)23-8-15(17,18)19/h6-7H,8H2,1-5H3. The Morgan fingerprint density at radius 3 is 2.28 bits per heavy atom. The van der Waals surface area contributed by atoms with Crippen LogP contribution in [0, 0.1) is 0 Å². The number of aromatic nitrogens is 1. The van der Waals surface area contributed by atoms with Gasteiger partial charge in [0.15, 0.2) is 6.61 Å². The van der Waals surface area contributed by atoms with E-state index in [-0.39, 0.29) is 5.56 Å². The van der Waals surface area contributed by atoms with Crippen LogP contribution < -0.4 is 10.2 Å². The van der Waals surface area contributed by atoms with Gasteiger partial charge < -0.3 is 18.8 Å². The first-order valence-electron chi connectivity index (χ1n) is 7.50. The van der Waals surface area contributed by atoms with E-state index in [1.807, 2.05) is 27.7 Å². The summed E-state index contributed by atoms with van der Waals surface area (Å²) >= 11 is 0. The van der Waals surface area contributed by atoms with E-state index >= 15 is 0 Å². The number of methoxy groups -OCH3 is 1. The summed E-state index contributed by atoms with van der Waals surface area (Å²) in [5.41, 5.74) is -1.10. The van der Waals surface area contributed by atoms with E-state index in [1.165, 1.54) is 12.3 Å². The molecule has 0 unspecified atom stereocenters. The number of halogens is 3. The number of carbonyl (C=O) groups is 1. The summed E-state index contributed by atoms with van der Waals surface area (Å²) in [6.45, 7) is 5.83. The Labute approximate surface area is 143 Å². The van der Waals surface area contributed by atoms with Crippen LogP contribution in [0.3, 0.4) is 0 Å². The van der Waals surface area contributed by atoms with Crippen LogP contribution in [0.15, 0.2) is 12.3 Å². The fraction of sp³-hybridized carbons (Fsp3) is 0.600. The normalized spacial score (nSPS) is 19.0. The third kappa shape index (κ3) is 4.24. The smallest absolute Gasteiger partial charge is 0.467 e. The average molecular weight is 361 g/mol. The molecule has 6 nitrogen and oxygen atoms in total. The molecule has 1 saturated heterocycles. The third-order valence-electron chi connectivity index (χ3n) is 4.18. The largest absolute Gasteiger partial charge is 0.496 e. The lowest BCUT2D eigenvalue weighted by Gasteiger charge is -2.32. The van der Waals surface area contributed by atoms with Gasteiger partial charge in [-0.2, -0.15) is 13.2 Å². The second-order valence-corrected chi connectivity index (χ2v) is 6.61. The van der Waals surface area contributed by atoms with Crippen molar-refractivity contribution in [3.05, 3.63) is 17.8 Å². The topological polar surface area (TPSA) is 66.9 Å². The second-order valence-electron chi connectivity index (χ2n) is 6.61. The van der Waals surface area contributed by atoms with Crippen LogP contribution in [0.5, 0.6) is 5.88 Å². The van der Waals surface area contributed by atoms with Crippen molar-refractivity contribution in [1.29, 1.82) is 0 Å². The van der Waals surface area contributed by atoms with Crippen LogP contribution >= 0.6 is 0 Å². The SMILES string of the molecule is COC(=O)c1cc(B2OC(C)(C)C(C)(C)O2)cnc1OCC(F)(F)F. The Kier molecular flexibility index (Phi) is 5.07. The summed E-state index contributed by atoms with van der Waals surface area (Å²) in [5.74, 6) is -1.34. The number of hydrogen-bond donors (Lipinski definition) is 0. The molecular formula is C15H19BF3NO5. The molecule has 0 N–H and O–H groups in total. The van der Waals surface area contributed by atoms with Gasteiger partial charge in [0.2, 0.25) is 5.88 Å². The Bertz CT molecular complexity index is 647. The molecule has 0 aromatic carbocycles. The summed E-state index contributed by atoms with van der Waals surface area (Å²) < 4.78 is 57.9. The highest BCUT2D eigenvalue weighted by atomic mass is 19.4. The highest BCUT2D eigenvalue weighted by Gasteiger charge is 2.52. The predicted octanol–water partition coefficient (Wildman–Crippen LogP) is 2.11. The Hall–Kier alpha value is -1.81. The zero-order chi connectivity index (χ0) is 19.0. The molecule has 1 aromatic rings. The monoisotopic (exact) mass is 361 g/mol. The van der Waals surface area contributed by atoms with Crippen LogP contribution in [0.25, 0.3) is 0 Å². The van der Waals surface area contributed by atoms with Gasteiger partial charge in [0, 0.05) is 11.7 Å². The van der Waals surface area contributed by atoms with Crippen LogP contribution in [0.4, 0.5) is 13.2 Å². The fourth-order valence-electron chi connectivity index (χ4n) is 2.10. The number of hydrogen-bond acceptors (Lipinski definition) is 6. The lowest BCUT2D eigenvalue weighted by Crippen LogP contribution is -2.41. The molecule has 25 heavy (non-hydrogen) atoms. The summed E-state index contributed by atoms with van der Waals surface area (Å²) in [7, 11) is 0.287. The van der Waals surface area contributed by atoms with Crippen LogP contribution in [0.1, 0.15) is 38.1 Å². The number of nitrogens with zero attached hydrogens (tertiary/aromatic N) is 1. The summed E-state index contributed by atoms with van der Waals surface area (Å²) in [5, 5.41) is 0. The molecule has 0 radical (unpaired) electrons. The van der Waals surface area contributed by atoms with E-state index < -0.39 is 43.0 Å². The van der Waals surface area contributed by atoms with Crippen LogP contribution in [0.2, 0.25) is 0 Å². The van der Waals surface area contributed by atoms with Crippen molar-refractivity contribution in [3.8, 4) is 5.88 Å². The minimum atomic E-state index is -4.56. The van der Waals surface area contributed by atoms with E-state index in [2.05, 4.69) is 14.5 Å². The first-order chi connectivity index (χ1) is 11.4. The van der Waals surface area contributed by atoms with Crippen molar-refractivity contribution in [2.24, 2.45) is 0 Å². The number of rotatable bonds is 4. The first kappa shape index (κ1) is 19.5. The molecular weight excluding hydrogens is 342 g/mol. The molecule has 1 fully saturated rings. The maximum atomic E-state index is 12.3. The van der Waals surface area contributed by atoms with E-state index in [4.69, 9.17) is 9.31 Å². The van der Waals surface area contributed by atoms with Gasteiger partial charge in [0.1, 0.15) is 5.56 Å². The van der Waals surface area contributed by atoms with Crippen LogP contribution in [-0.2, 0) is 14.0 Å². The molecule has 0 amide bonds. The number of carbonyl (C=O) groups excluding carboxylic acids is 1. The van der Waals surface area contributed by atoms with Crippen molar-refractivity contribution >= 4 is 18.6 Å². The zero-order valence-electron chi connectivity index (χ0n) is 14.6. The minimum absolute atomic E-state index is 0.237. The summed E-state index contributed by atoms with van der Waals surface area (Å²) in [4.78, 5) is 15.7. The summed E-state index contributed by atoms with van der Waals surface area (Å²) in [6, 6.07) is 1.30.